The van der Waals surface area contributed by atoms with Gasteiger partial charge in [0.15, 0.2) is 0 Å². The van der Waals surface area contributed by atoms with Crippen molar-refractivity contribution >= 4 is 17.6 Å². The lowest BCUT2D eigenvalue weighted by molar-refractivity contribution is -0.136. The van der Waals surface area contributed by atoms with Crippen molar-refractivity contribution in [1.29, 1.82) is 0 Å². The minimum absolute atomic E-state index is 0.0157. The quantitative estimate of drug-likeness (QED) is 0.906. The maximum absolute atomic E-state index is 12.4. The maximum atomic E-state index is 12.4. The molecule has 1 aromatic heterocycles. The van der Waals surface area contributed by atoms with Crippen LogP contribution >= 0.6 is 0 Å². The summed E-state index contributed by atoms with van der Waals surface area (Å²) in [5.74, 6) is -1.37. The van der Waals surface area contributed by atoms with Gasteiger partial charge in [0.25, 0.3) is 0 Å². The van der Waals surface area contributed by atoms with Crippen LogP contribution in [0, 0.1) is 13.8 Å². The van der Waals surface area contributed by atoms with E-state index < -0.39 is 5.97 Å². The summed E-state index contributed by atoms with van der Waals surface area (Å²) in [6.07, 6.45) is 0. The number of aromatic nitrogens is 2. The summed E-state index contributed by atoms with van der Waals surface area (Å²) in [5, 5.41) is 13.2. The summed E-state index contributed by atoms with van der Waals surface area (Å²) in [4.78, 5) is 24.7. The lowest BCUT2D eigenvalue weighted by Crippen LogP contribution is -2.38. The molecule has 0 saturated heterocycles. The third-order valence-electron chi connectivity index (χ3n) is 3.05. The molecule has 21 heavy (non-hydrogen) atoms. The summed E-state index contributed by atoms with van der Waals surface area (Å²) >= 11 is 0. The van der Waals surface area contributed by atoms with Gasteiger partial charge in [-0.1, -0.05) is 18.2 Å². The van der Waals surface area contributed by atoms with Gasteiger partial charge < -0.3 is 5.11 Å². The fourth-order valence-electron chi connectivity index (χ4n) is 2.12. The van der Waals surface area contributed by atoms with E-state index in [0.717, 1.165) is 11.4 Å². The van der Waals surface area contributed by atoms with Gasteiger partial charge in [0, 0.05) is 11.4 Å². The molecule has 110 valence electrons. The van der Waals surface area contributed by atoms with Gasteiger partial charge in [-0.2, -0.15) is 5.10 Å². The smallest absolute Gasteiger partial charge is 0.323 e. The van der Waals surface area contributed by atoms with Crippen molar-refractivity contribution in [1.82, 2.24) is 9.78 Å². The lowest BCUT2D eigenvalue weighted by Gasteiger charge is -2.21. The van der Waals surface area contributed by atoms with E-state index in [1.165, 1.54) is 4.90 Å². The Morgan fingerprint density at radius 2 is 1.90 bits per heavy atom. The van der Waals surface area contributed by atoms with Crippen LogP contribution in [-0.4, -0.2) is 33.3 Å². The van der Waals surface area contributed by atoms with Gasteiger partial charge in [-0.05, 0) is 32.0 Å². The third-order valence-corrected chi connectivity index (χ3v) is 3.05. The van der Waals surface area contributed by atoms with Crippen LogP contribution in [0.25, 0.3) is 0 Å². The van der Waals surface area contributed by atoms with Gasteiger partial charge in [-0.3, -0.25) is 19.2 Å². The van der Waals surface area contributed by atoms with Gasteiger partial charge in [0.2, 0.25) is 5.91 Å². The molecule has 0 atom stereocenters. The highest BCUT2D eigenvalue weighted by atomic mass is 16.4. The predicted molar refractivity (Wildman–Crippen MR) is 78.1 cm³/mol. The van der Waals surface area contributed by atoms with Crippen molar-refractivity contribution in [2.75, 3.05) is 11.4 Å². The molecule has 1 amide bonds. The van der Waals surface area contributed by atoms with E-state index in [4.69, 9.17) is 5.11 Å². The van der Waals surface area contributed by atoms with Crippen molar-refractivity contribution < 1.29 is 14.7 Å². The van der Waals surface area contributed by atoms with E-state index >= 15 is 0 Å². The van der Waals surface area contributed by atoms with E-state index in [1.54, 1.807) is 28.9 Å². The SMILES string of the molecule is Cc1cc(C)n(CC(=O)N(CC(=O)O)c2ccccc2)n1. The number of carbonyl (C=O) groups is 2. The topological polar surface area (TPSA) is 75.4 Å². The van der Waals surface area contributed by atoms with E-state index in [2.05, 4.69) is 5.10 Å². The largest absolute Gasteiger partial charge is 0.480 e. The zero-order valence-electron chi connectivity index (χ0n) is 12.0. The van der Waals surface area contributed by atoms with E-state index in [0.29, 0.717) is 5.69 Å². The van der Waals surface area contributed by atoms with Crippen molar-refractivity contribution in [2.24, 2.45) is 0 Å². The zero-order chi connectivity index (χ0) is 15.4. The van der Waals surface area contributed by atoms with Crippen molar-refractivity contribution in [3.8, 4) is 0 Å². The minimum Gasteiger partial charge on any atom is -0.480 e. The molecule has 0 unspecified atom stereocenters. The Hall–Kier alpha value is -2.63. The molecule has 2 aromatic rings. The molecule has 0 saturated carbocycles. The molecule has 0 fully saturated rings. The first kappa shape index (κ1) is 14.8. The number of rotatable bonds is 5. The van der Waals surface area contributed by atoms with E-state index in [1.807, 2.05) is 26.0 Å². The van der Waals surface area contributed by atoms with Crippen LogP contribution in [0.1, 0.15) is 11.4 Å². The molecule has 2 rings (SSSR count). The summed E-state index contributed by atoms with van der Waals surface area (Å²) < 4.78 is 1.58. The molecule has 6 nitrogen and oxygen atoms in total. The van der Waals surface area contributed by atoms with Gasteiger partial charge >= 0.3 is 5.97 Å². The Balaban J connectivity index is 2.22. The molecule has 6 heteroatoms. The highest BCUT2D eigenvalue weighted by Gasteiger charge is 2.19. The fraction of sp³-hybridized carbons (Fsp3) is 0.267. The Kier molecular flexibility index (Phi) is 4.37. The first-order chi connectivity index (χ1) is 9.97. The van der Waals surface area contributed by atoms with Crippen molar-refractivity contribution in [3.05, 3.63) is 47.8 Å². The molecule has 0 aliphatic rings. The highest BCUT2D eigenvalue weighted by molar-refractivity contribution is 5.97. The number of hydrogen-bond donors (Lipinski definition) is 1. The first-order valence-corrected chi connectivity index (χ1v) is 6.55. The predicted octanol–water partition coefficient (Wildman–Crippen LogP) is 1.62. The van der Waals surface area contributed by atoms with Crippen molar-refractivity contribution in [2.45, 2.75) is 20.4 Å². The Labute approximate surface area is 122 Å². The molecule has 1 aromatic carbocycles. The highest BCUT2D eigenvalue weighted by Crippen LogP contribution is 2.14. The van der Waals surface area contributed by atoms with Crippen LogP contribution in [0.5, 0.6) is 0 Å². The van der Waals surface area contributed by atoms with Gasteiger partial charge in [0.05, 0.1) is 5.69 Å². The van der Waals surface area contributed by atoms with Crippen LogP contribution in [-0.2, 0) is 16.1 Å². The number of carbonyl (C=O) groups excluding carboxylic acids is 1. The second-order valence-electron chi connectivity index (χ2n) is 4.79. The summed E-state index contributed by atoms with van der Waals surface area (Å²) in [5.41, 5.74) is 2.25. The Morgan fingerprint density at radius 3 is 2.43 bits per heavy atom. The van der Waals surface area contributed by atoms with E-state index in [-0.39, 0.29) is 19.0 Å². The number of aliphatic carboxylic acids is 1. The summed E-state index contributed by atoms with van der Waals surface area (Å²) in [7, 11) is 0. The van der Waals surface area contributed by atoms with Crippen LogP contribution in [0.3, 0.4) is 0 Å². The third kappa shape index (κ3) is 3.68. The Morgan fingerprint density at radius 1 is 1.24 bits per heavy atom. The number of carboxylic acids is 1. The summed E-state index contributed by atoms with van der Waals surface area (Å²) in [6, 6.07) is 10.6. The molecule has 0 radical (unpaired) electrons. The molecular weight excluding hydrogens is 270 g/mol. The second kappa shape index (κ2) is 6.21. The molecule has 0 bridgehead atoms. The lowest BCUT2D eigenvalue weighted by atomic mass is 10.2. The second-order valence-corrected chi connectivity index (χ2v) is 4.79. The molecule has 1 N–H and O–H groups in total. The van der Waals surface area contributed by atoms with Crippen LogP contribution in [0.2, 0.25) is 0 Å². The normalized spacial score (nSPS) is 10.4. The fourth-order valence-corrected chi connectivity index (χ4v) is 2.12. The number of aryl methyl sites for hydroxylation is 2. The summed E-state index contributed by atoms with van der Waals surface area (Å²) in [6.45, 7) is 3.35. The average Bonchev–Trinajstić information content (AvgIpc) is 2.75. The standard InChI is InChI=1S/C15H17N3O3/c1-11-8-12(2)18(16-11)9-14(19)17(10-15(20)21)13-6-4-3-5-7-13/h3-8H,9-10H2,1-2H3,(H,20,21). The average molecular weight is 287 g/mol. The number of carboxylic acid groups (broad SMARTS) is 1. The van der Waals surface area contributed by atoms with Crippen molar-refractivity contribution in [3.63, 3.8) is 0 Å². The van der Waals surface area contributed by atoms with Gasteiger partial charge in [-0.25, -0.2) is 0 Å². The first-order valence-electron chi connectivity index (χ1n) is 6.55. The molecule has 0 spiro atoms. The number of amides is 1. The zero-order valence-corrected chi connectivity index (χ0v) is 12.0. The molecule has 1 heterocycles. The number of nitrogens with zero attached hydrogens (tertiary/aromatic N) is 3. The van der Waals surface area contributed by atoms with Crippen LogP contribution < -0.4 is 4.90 Å². The number of anilines is 1. The number of benzene rings is 1. The molecular formula is C15H17N3O3. The van der Waals surface area contributed by atoms with Gasteiger partial charge in [-0.15, -0.1) is 0 Å². The van der Waals surface area contributed by atoms with Crippen LogP contribution in [0.15, 0.2) is 36.4 Å². The Bertz CT molecular complexity index is 649. The van der Waals surface area contributed by atoms with Crippen LogP contribution in [0.4, 0.5) is 5.69 Å². The minimum atomic E-state index is -1.06. The monoisotopic (exact) mass is 287 g/mol. The maximum Gasteiger partial charge on any atom is 0.323 e. The molecule has 0 aliphatic carbocycles. The molecule has 0 aliphatic heterocycles. The number of para-hydroxylation sites is 1. The number of hydrogen-bond acceptors (Lipinski definition) is 3. The van der Waals surface area contributed by atoms with E-state index in [9.17, 15) is 9.59 Å². The van der Waals surface area contributed by atoms with Gasteiger partial charge in [0.1, 0.15) is 13.1 Å².